The average molecular weight is 497 g/mol. The Balaban J connectivity index is 1.67. The molecule has 0 bridgehead atoms. The van der Waals surface area contributed by atoms with E-state index in [0.29, 0.717) is 28.3 Å². The van der Waals surface area contributed by atoms with Crippen molar-refractivity contribution in [3.8, 4) is 22.8 Å². The first-order valence-electron chi connectivity index (χ1n) is 11.1. The monoisotopic (exact) mass is 496 g/mol. The number of alkyl carbamates (subject to hydrolysis) is 1. The third-order valence-corrected chi connectivity index (χ3v) is 4.90. The Morgan fingerprint density at radius 3 is 2.58 bits per heavy atom. The number of amides is 2. The van der Waals surface area contributed by atoms with Crippen LogP contribution in [0.2, 0.25) is 0 Å². The van der Waals surface area contributed by atoms with Gasteiger partial charge in [-0.2, -0.15) is 5.10 Å². The molecule has 1 aromatic heterocycles. The summed E-state index contributed by atoms with van der Waals surface area (Å²) in [6.45, 7) is 2.94. The fourth-order valence-electron chi connectivity index (χ4n) is 3.30. The number of carbonyl (C=O) groups excluding carboxylic acids is 3. The molecule has 0 spiro atoms. The van der Waals surface area contributed by atoms with Crippen molar-refractivity contribution >= 4 is 23.7 Å². The van der Waals surface area contributed by atoms with Gasteiger partial charge in [-0.05, 0) is 42.5 Å². The van der Waals surface area contributed by atoms with Gasteiger partial charge in [-0.3, -0.25) is 14.3 Å². The quantitative estimate of drug-likeness (QED) is 0.248. The number of rotatable bonds is 10. The Morgan fingerprint density at radius 1 is 1.08 bits per heavy atom. The number of nitrogens with zero attached hydrogens (tertiary/aromatic N) is 2. The van der Waals surface area contributed by atoms with Gasteiger partial charge in [0.2, 0.25) is 6.29 Å². The molecule has 190 valence electrons. The molecule has 1 unspecified atom stereocenters. The zero-order chi connectivity index (χ0) is 26.1. The molecular weight excluding hydrogens is 468 g/mol. The largest absolute Gasteiger partial charge is 0.497 e. The minimum Gasteiger partial charge on any atom is -0.497 e. The van der Waals surface area contributed by atoms with E-state index < -0.39 is 18.4 Å². The molecule has 0 aliphatic heterocycles. The minimum absolute atomic E-state index is 0.136. The van der Waals surface area contributed by atoms with Gasteiger partial charge in [-0.15, -0.1) is 0 Å². The third kappa shape index (κ3) is 7.23. The molecule has 0 aliphatic rings. The summed E-state index contributed by atoms with van der Waals surface area (Å²) in [6.07, 6.45) is -0.0861. The van der Waals surface area contributed by atoms with Crippen LogP contribution in [-0.4, -0.2) is 54.3 Å². The van der Waals surface area contributed by atoms with Crippen LogP contribution in [0.25, 0.3) is 11.3 Å². The molecule has 2 N–H and O–H groups in total. The molecule has 1 atom stereocenters. The smallest absolute Gasteiger partial charge is 0.410 e. The lowest BCUT2D eigenvalue weighted by molar-refractivity contribution is -0.162. The van der Waals surface area contributed by atoms with Crippen LogP contribution in [0.5, 0.6) is 11.5 Å². The van der Waals surface area contributed by atoms with E-state index in [1.54, 1.807) is 60.4 Å². The molecule has 0 aliphatic carbocycles. The molecule has 1 heterocycles. The maximum Gasteiger partial charge on any atom is 0.410 e. The summed E-state index contributed by atoms with van der Waals surface area (Å²) in [7, 11) is 3.33. The Bertz CT molecular complexity index is 1220. The van der Waals surface area contributed by atoms with Crippen molar-refractivity contribution in [3.05, 3.63) is 60.3 Å². The van der Waals surface area contributed by atoms with Gasteiger partial charge in [-0.25, -0.2) is 4.79 Å². The number of nitrogens with one attached hydrogen (secondary N) is 2. The van der Waals surface area contributed by atoms with E-state index in [-0.39, 0.29) is 19.1 Å². The lowest BCUT2D eigenvalue weighted by atomic mass is 10.1. The second-order valence-electron chi connectivity index (χ2n) is 7.59. The van der Waals surface area contributed by atoms with Crippen molar-refractivity contribution in [1.82, 2.24) is 15.1 Å². The maximum atomic E-state index is 12.7. The van der Waals surface area contributed by atoms with Gasteiger partial charge in [0.15, 0.2) is 0 Å². The van der Waals surface area contributed by atoms with E-state index in [0.717, 1.165) is 5.69 Å². The topological polar surface area (TPSA) is 130 Å². The van der Waals surface area contributed by atoms with E-state index >= 15 is 0 Å². The molecular formula is C25H28N4O7. The highest BCUT2D eigenvalue weighted by atomic mass is 16.7. The van der Waals surface area contributed by atoms with Gasteiger partial charge in [0.25, 0.3) is 5.91 Å². The van der Waals surface area contributed by atoms with Gasteiger partial charge < -0.3 is 29.6 Å². The summed E-state index contributed by atoms with van der Waals surface area (Å²) in [4.78, 5) is 35.5. The Hall–Kier alpha value is -4.54. The molecule has 3 aromatic rings. The van der Waals surface area contributed by atoms with E-state index in [1.165, 1.54) is 21.0 Å². The molecule has 3 rings (SSSR count). The fraction of sp³-hybridized carbons (Fsp3) is 0.280. The van der Waals surface area contributed by atoms with Crippen molar-refractivity contribution in [1.29, 1.82) is 0 Å². The van der Waals surface area contributed by atoms with Crippen molar-refractivity contribution in [2.75, 3.05) is 25.6 Å². The van der Waals surface area contributed by atoms with Crippen LogP contribution in [-0.2, 0) is 21.3 Å². The Kier molecular flexibility index (Phi) is 8.87. The van der Waals surface area contributed by atoms with Gasteiger partial charge in [0.05, 0.1) is 19.3 Å². The van der Waals surface area contributed by atoms with Gasteiger partial charge in [0.1, 0.15) is 18.1 Å². The number of anilines is 1. The Labute approximate surface area is 208 Å². The number of carbonyl (C=O) groups is 3. The molecule has 2 aromatic carbocycles. The lowest BCUT2D eigenvalue weighted by Gasteiger charge is -2.15. The standard InChI is InChI=1S/C25H28N4O7/c1-16(30)35-17(2)36-25(32)26-12-13-34-23-9-8-19(15-21(23)22-10-11-27-29(22)3)28-24(31)18-6-5-7-20(14-18)33-4/h5-11,14-15,17H,12-13H2,1-4H3,(H,26,32)(H,28,31). The van der Waals surface area contributed by atoms with Crippen LogP contribution in [0, 0.1) is 0 Å². The second-order valence-corrected chi connectivity index (χ2v) is 7.59. The summed E-state index contributed by atoms with van der Waals surface area (Å²) in [6, 6.07) is 13.9. The summed E-state index contributed by atoms with van der Waals surface area (Å²) in [5.74, 6) is 0.274. The van der Waals surface area contributed by atoms with Crippen molar-refractivity contribution < 1.29 is 33.3 Å². The number of benzene rings is 2. The first-order valence-corrected chi connectivity index (χ1v) is 11.1. The second kappa shape index (κ2) is 12.2. The maximum absolute atomic E-state index is 12.7. The third-order valence-electron chi connectivity index (χ3n) is 4.90. The Morgan fingerprint density at radius 2 is 1.89 bits per heavy atom. The van der Waals surface area contributed by atoms with E-state index in [9.17, 15) is 14.4 Å². The van der Waals surface area contributed by atoms with E-state index in [1.807, 2.05) is 6.07 Å². The molecule has 11 heteroatoms. The number of aromatic nitrogens is 2. The molecule has 36 heavy (non-hydrogen) atoms. The van der Waals surface area contributed by atoms with Gasteiger partial charge in [-0.1, -0.05) is 6.07 Å². The zero-order valence-electron chi connectivity index (χ0n) is 20.4. The SMILES string of the molecule is COc1cccc(C(=O)Nc2ccc(OCCNC(=O)OC(C)OC(C)=O)c(-c3ccnn3C)c2)c1. The van der Waals surface area contributed by atoms with Crippen LogP contribution in [0.3, 0.4) is 0 Å². The zero-order valence-corrected chi connectivity index (χ0v) is 20.4. The van der Waals surface area contributed by atoms with Crippen LogP contribution in [0.15, 0.2) is 54.7 Å². The number of methoxy groups -OCH3 is 1. The van der Waals surface area contributed by atoms with Crippen LogP contribution < -0.4 is 20.1 Å². The van der Waals surface area contributed by atoms with Crippen molar-refractivity contribution in [2.45, 2.75) is 20.1 Å². The number of aryl methyl sites for hydroxylation is 1. The summed E-state index contributed by atoms with van der Waals surface area (Å²) in [5, 5.41) is 9.62. The van der Waals surface area contributed by atoms with Crippen molar-refractivity contribution in [3.63, 3.8) is 0 Å². The molecule has 2 amide bonds. The average Bonchev–Trinajstić information content (AvgIpc) is 3.27. The molecule has 0 radical (unpaired) electrons. The fourth-order valence-corrected chi connectivity index (χ4v) is 3.30. The molecule has 0 fully saturated rings. The minimum atomic E-state index is -1.00. The number of hydrogen-bond acceptors (Lipinski definition) is 8. The van der Waals surface area contributed by atoms with Crippen LogP contribution in [0.1, 0.15) is 24.2 Å². The van der Waals surface area contributed by atoms with E-state index in [2.05, 4.69) is 15.7 Å². The lowest BCUT2D eigenvalue weighted by Crippen LogP contribution is -2.32. The molecule has 11 nitrogen and oxygen atoms in total. The predicted molar refractivity (Wildman–Crippen MR) is 131 cm³/mol. The van der Waals surface area contributed by atoms with Gasteiger partial charge >= 0.3 is 12.1 Å². The predicted octanol–water partition coefficient (Wildman–Crippen LogP) is 3.36. The summed E-state index contributed by atoms with van der Waals surface area (Å²) >= 11 is 0. The summed E-state index contributed by atoms with van der Waals surface area (Å²) in [5.41, 5.74) is 2.49. The highest BCUT2D eigenvalue weighted by Crippen LogP contribution is 2.32. The highest BCUT2D eigenvalue weighted by Gasteiger charge is 2.15. The van der Waals surface area contributed by atoms with Crippen LogP contribution >= 0.6 is 0 Å². The highest BCUT2D eigenvalue weighted by molar-refractivity contribution is 6.04. The van der Waals surface area contributed by atoms with Gasteiger partial charge in [0, 0.05) is 43.9 Å². The first kappa shape index (κ1) is 26.1. The first-order chi connectivity index (χ1) is 17.3. The normalized spacial score (nSPS) is 11.2. The van der Waals surface area contributed by atoms with Crippen molar-refractivity contribution in [2.24, 2.45) is 7.05 Å². The summed E-state index contributed by atoms with van der Waals surface area (Å²) < 4.78 is 22.4. The number of esters is 1. The molecule has 0 saturated heterocycles. The van der Waals surface area contributed by atoms with E-state index in [4.69, 9.17) is 18.9 Å². The number of ether oxygens (including phenoxy) is 4. The number of hydrogen-bond donors (Lipinski definition) is 2. The molecule has 0 saturated carbocycles. The van der Waals surface area contributed by atoms with Crippen LogP contribution in [0.4, 0.5) is 10.5 Å².